The van der Waals surface area contributed by atoms with Crippen molar-refractivity contribution in [3.8, 4) is 33.5 Å². The molecule has 0 atom stereocenters. The standard InChI is InChI=1S/C28H18ClFN4O/c29-20-4-6-25(30)24(10-20)27-12-23(22-2-1-7-32-28(22)34-27)19-9-17(13-31-14-19)18-8-16-3-5-21(35)11-26(16)33-15-18/h1-2,4,6-10,12-15H,3,5,11H2. The fourth-order valence-corrected chi connectivity index (χ4v) is 4.67. The highest BCUT2D eigenvalue weighted by molar-refractivity contribution is 6.30. The van der Waals surface area contributed by atoms with Gasteiger partial charge in [0, 0.05) is 70.3 Å². The molecule has 0 aliphatic heterocycles. The fourth-order valence-electron chi connectivity index (χ4n) is 4.49. The Kier molecular flexibility index (Phi) is 5.30. The Hall–Kier alpha value is -4.03. The minimum Gasteiger partial charge on any atom is -0.299 e. The molecule has 0 spiro atoms. The van der Waals surface area contributed by atoms with Gasteiger partial charge in [-0.3, -0.25) is 14.8 Å². The summed E-state index contributed by atoms with van der Waals surface area (Å²) in [4.78, 5) is 29.8. The van der Waals surface area contributed by atoms with Crippen molar-refractivity contribution in [1.29, 1.82) is 0 Å². The Morgan fingerprint density at radius 3 is 2.63 bits per heavy atom. The number of pyridine rings is 4. The number of aromatic nitrogens is 4. The third-order valence-corrected chi connectivity index (χ3v) is 6.50. The van der Waals surface area contributed by atoms with E-state index in [4.69, 9.17) is 11.6 Å². The van der Waals surface area contributed by atoms with Crippen LogP contribution in [0.1, 0.15) is 17.7 Å². The molecule has 0 radical (unpaired) electrons. The summed E-state index contributed by atoms with van der Waals surface area (Å²) >= 11 is 6.14. The van der Waals surface area contributed by atoms with Crippen LogP contribution in [0.5, 0.6) is 0 Å². The third kappa shape index (κ3) is 4.06. The van der Waals surface area contributed by atoms with Crippen molar-refractivity contribution in [3.63, 3.8) is 0 Å². The number of benzene rings is 1. The summed E-state index contributed by atoms with van der Waals surface area (Å²) < 4.78 is 14.7. The highest BCUT2D eigenvalue weighted by Crippen LogP contribution is 2.35. The smallest absolute Gasteiger partial charge is 0.160 e. The van der Waals surface area contributed by atoms with Crippen molar-refractivity contribution in [2.45, 2.75) is 19.3 Å². The van der Waals surface area contributed by atoms with E-state index in [1.807, 2.05) is 24.3 Å². The molecule has 1 aliphatic carbocycles. The lowest BCUT2D eigenvalue weighted by Crippen LogP contribution is -2.14. The van der Waals surface area contributed by atoms with Crippen LogP contribution in [-0.2, 0) is 17.6 Å². The Morgan fingerprint density at radius 2 is 1.71 bits per heavy atom. The molecule has 170 valence electrons. The van der Waals surface area contributed by atoms with Crippen LogP contribution in [0.4, 0.5) is 4.39 Å². The molecule has 5 aromatic rings. The maximum atomic E-state index is 14.7. The lowest BCUT2D eigenvalue weighted by Gasteiger charge is -2.15. The van der Waals surface area contributed by atoms with Gasteiger partial charge in [0.15, 0.2) is 5.65 Å². The lowest BCUT2D eigenvalue weighted by atomic mass is 9.92. The minimum atomic E-state index is -0.409. The van der Waals surface area contributed by atoms with E-state index in [2.05, 4.69) is 26.0 Å². The average molecular weight is 481 g/mol. The third-order valence-electron chi connectivity index (χ3n) is 6.27. The van der Waals surface area contributed by atoms with Crippen LogP contribution < -0.4 is 0 Å². The molecule has 0 amide bonds. The molecule has 0 bridgehead atoms. The second kappa shape index (κ2) is 8.64. The van der Waals surface area contributed by atoms with Gasteiger partial charge in [-0.1, -0.05) is 11.6 Å². The molecule has 35 heavy (non-hydrogen) atoms. The molecule has 0 saturated carbocycles. The van der Waals surface area contributed by atoms with Gasteiger partial charge in [-0.15, -0.1) is 0 Å². The number of fused-ring (bicyclic) bond motifs is 2. The largest absolute Gasteiger partial charge is 0.299 e. The highest BCUT2D eigenvalue weighted by Gasteiger charge is 2.18. The molecule has 0 saturated heterocycles. The van der Waals surface area contributed by atoms with E-state index < -0.39 is 5.82 Å². The second-order valence-electron chi connectivity index (χ2n) is 8.56. The first-order chi connectivity index (χ1) is 17.0. The van der Waals surface area contributed by atoms with Crippen LogP contribution in [0.3, 0.4) is 0 Å². The summed E-state index contributed by atoms with van der Waals surface area (Å²) in [5.74, 6) is -0.180. The average Bonchev–Trinajstić information content (AvgIpc) is 2.89. The van der Waals surface area contributed by atoms with Crippen molar-refractivity contribution >= 4 is 28.4 Å². The van der Waals surface area contributed by atoms with Crippen molar-refractivity contribution in [2.24, 2.45) is 0 Å². The normalized spacial score (nSPS) is 13.1. The van der Waals surface area contributed by atoms with Crippen molar-refractivity contribution in [1.82, 2.24) is 19.9 Å². The predicted molar refractivity (Wildman–Crippen MR) is 133 cm³/mol. The molecule has 0 N–H and O–H groups in total. The van der Waals surface area contributed by atoms with Crippen LogP contribution in [0.25, 0.3) is 44.5 Å². The number of hydrogen-bond donors (Lipinski definition) is 0. The maximum absolute atomic E-state index is 14.7. The number of halogens is 2. The lowest BCUT2D eigenvalue weighted by molar-refractivity contribution is -0.118. The van der Waals surface area contributed by atoms with Gasteiger partial charge in [-0.2, -0.15) is 0 Å². The first kappa shape index (κ1) is 21.5. The quantitative estimate of drug-likeness (QED) is 0.304. The molecule has 6 rings (SSSR count). The molecule has 1 aromatic carbocycles. The summed E-state index contributed by atoms with van der Waals surface area (Å²) in [6, 6.07) is 14.2. The Labute approximate surface area is 205 Å². The zero-order chi connectivity index (χ0) is 23.9. The first-order valence-corrected chi connectivity index (χ1v) is 11.6. The number of aryl methyl sites for hydroxylation is 1. The van der Waals surface area contributed by atoms with E-state index in [-0.39, 0.29) is 5.78 Å². The number of rotatable bonds is 3. The van der Waals surface area contributed by atoms with Crippen LogP contribution >= 0.6 is 11.6 Å². The van der Waals surface area contributed by atoms with Crippen molar-refractivity contribution in [2.75, 3.05) is 0 Å². The minimum absolute atomic E-state index is 0.228. The number of nitrogens with zero attached hydrogens (tertiary/aromatic N) is 4. The number of Topliss-reactive ketones (excluding diaryl/α,β-unsaturated/α-hetero) is 1. The van der Waals surface area contributed by atoms with Gasteiger partial charge < -0.3 is 0 Å². The summed E-state index contributed by atoms with van der Waals surface area (Å²) in [7, 11) is 0. The fraction of sp³-hybridized carbons (Fsp3) is 0.107. The van der Waals surface area contributed by atoms with Crippen molar-refractivity contribution in [3.05, 3.63) is 95.4 Å². The summed E-state index contributed by atoms with van der Waals surface area (Å²) in [6.45, 7) is 0. The van der Waals surface area contributed by atoms with E-state index in [1.165, 1.54) is 12.1 Å². The van der Waals surface area contributed by atoms with E-state index in [1.54, 1.807) is 30.9 Å². The van der Waals surface area contributed by atoms with Gasteiger partial charge in [0.1, 0.15) is 11.6 Å². The topological polar surface area (TPSA) is 68.6 Å². The van der Waals surface area contributed by atoms with Gasteiger partial charge in [0.05, 0.1) is 11.4 Å². The predicted octanol–water partition coefficient (Wildman–Crippen LogP) is 6.27. The zero-order valence-electron chi connectivity index (χ0n) is 18.5. The van der Waals surface area contributed by atoms with Crippen LogP contribution in [0.15, 0.2) is 73.3 Å². The molecule has 4 heterocycles. The van der Waals surface area contributed by atoms with Crippen LogP contribution in [0, 0.1) is 5.82 Å². The molecule has 4 aromatic heterocycles. The van der Waals surface area contributed by atoms with Crippen LogP contribution in [-0.4, -0.2) is 25.7 Å². The van der Waals surface area contributed by atoms with E-state index in [9.17, 15) is 9.18 Å². The van der Waals surface area contributed by atoms with Crippen LogP contribution in [0.2, 0.25) is 5.02 Å². The number of ketones is 1. The Bertz CT molecular complexity index is 1640. The Morgan fingerprint density at radius 1 is 0.857 bits per heavy atom. The second-order valence-corrected chi connectivity index (χ2v) is 9.00. The van der Waals surface area contributed by atoms with Gasteiger partial charge in [0.25, 0.3) is 0 Å². The van der Waals surface area contributed by atoms with E-state index >= 15 is 0 Å². The monoisotopic (exact) mass is 480 g/mol. The Balaban J connectivity index is 1.49. The number of carbonyl (C=O) groups is 1. The highest BCUT2D eigenvalue weighted by atomic mass is 35.5. The van der Waals surface area contributed by atoms with E-state index in [0.29, 0.717) is 41.2 Å². The van der Waals surface area contributed by atoms with Gasteiger partial charge in [-0.25, -0.2) is 14.4 Å². The summed E-state index contributed by atoms with van der Waals surface area (Å²) in [5, 5.41) is 1.26. The van der Waals surface area contributed by atoms with Gasteiger partial charge >= 0.3 is 0 Å². The van der Waals surface area contributed by atoms with Gasteiger partial charge in [0.2, 0.25) is 0 Å². The maximum Gasteiger partial charge on any atom is 0.160 e. The molecule has 1 aliphatic rings. The van der Waals surface area contributed by atoms with Crippen molar-refractivity contribution < 1.29 is 9.18 Å². The zero-order valence-corrected chi connectivity index (χ0v) is 19.3. The summed E-state index contributed by atoms with van der Waals surface area (Å²) in [6.07, 6.45) is 8.67. The summed E-state index contributed by atoms with van der Waals surface area (Å²) in [5.41, 5.74) is 6.73. The first-order valence-electron chi connectivity index (χ1n) is 11.2. The van der Waals surface area contributed by atoms with E-state index in [0.717, 1.165) is 38.9 Å². The molecule has 0 fully saturated rings. The molecular weight excluding hydrogens is 463 g/mol. The molecular formula is C28H18ClFN4O. The molecule has 5 nitrogen and oxygen atoms in total. The SMILES string of the molecule is O=C1CCc2cc(-c3cncc(-c4cc(-c5cc(Cl)ccc5F)nc5ncccc45)c3)cnc2C1. The number of hydrogen-bond acceptors (Lipinski definition) is 5. The molecule has 7 heteroatoms. The van der Waals surface area contributed by atoms with Gasteiger partial charge in [-0.05, 0) is 66.1 Å². The molecule has 0 unspecified atom stereocenters. The number of carbonyl (C=O) groups excluding carboxylic acids is 1.